The molecule has 0 spiro atoms. The highest BCUT2D eigenvalue weighted by molar-refractivity contribution is 5.51. The zero-order chi connectivity index (χ0) is 14.8. The van der Waals surface area contributed by atoms with Crippen LogP contribution in [0, 0.1) is 0 Å². The van der Waals surface area contributed by atoms with Gasteiger partial charge in [0.15, 0.2) is 0 Å². The van der Waals surface area contributed by atoms with E-state index in [0.717, 1.165) is 12.1 Å². The van der Waals surface area contributed by atoms with Crippen LogP contribution < -0.4 is 5.32 Å². The number of rotatable bonds is 10. The standard InChI is InChI=1S/C16H27NO3/c1-4-14-7-5-6-8-16(14)17-11-15(18)12-19-9-10-20-13(2)3/h5-8,13,15,17-18H,4,9-12H2,1-3H3. The van der Waals surface area contributed by atoms with Gasteiger partial charge in [0.25, 0.3) is 0 Å². The molecule has 4 heteroatoms. The lowest BCUT2D eigenvalue weighted by Crippen LogP contribution is -2.26. The van der Waals surface area contributed by atoms with Gasteiger partial charge in [-0.25, -0.2) is 0 Å². The Morgan fingerprint density at radius 1 is 1.20 bits per heavy atom. The van der Waals surface area contributed by atoms with Crippen molar-refractivity contribution in [3.05, 3.63) is 29.8 Å². The van der Waals surface area contributed by atoms with Crippen LogP contribution in [0.25, 0.3) is 0 Å². The van der Waals surface area contributed by atoms with Gasteiger partial charge in [-0.05, 0) is 31.9 Å². The highest BCUT2D eigenvalue weighted by atomic mass is 16.5. The summed E-state index contributed by atoms with van der Waals surface area (Å²) in [5.41, 5.74) is 2.34. The van der Waals surface area contributed by atoms with Crippen LogP contribution in [0.15, 0.2) is 24.3 Å². The maximum absolute atomic E-state index is 9.85. The Labute approximate surface area is 122 Å². The lowest BCUT2D eigenvalue weighted by atomic mass is 10.1. The molecule has 1 aromatic carbocycles. The van der Waals surface area contributed by atoms with Crippen LogP contribution in [-0.4, -0.2) is 43.7 Å². The van der Waals surface area contributed by atoms with E-state index in [1.807, 2.05) is 32.0 Å². The molecule has 0 fully saturated rings. The number of benzene rings is 1. The minimum atomic E-state index is -0.515. The molecule has 0 aliphatic carbocycles. The molecule has 1 rings (SSSR count). The van der Waals surface area contributed by atoms with Crippen LogP contribution in [0.3, 0.4) is 0 Å². The first-order valence-corrected chi connectivity index (χ1v) is 7.32. The van der Waals surface area contributed by atoms with Crippen molar-refractivity contribution in [3.63, 3.8) is 0 Å². The lowest BCUT2D eigenvalue weighted by Gasteiger charge is -2.15. The molecular formula is C16H27NO3. The Bertz CT molecular complexity index is 368. The summed E-state index contributed by atoms with van der Waals surface area (Å²) in [7, 11) is 0. The topological polar surface area (TPSA) is 50.7 Å². The maximum atomic E-state index is 9.85. The quantitative estimate of drug-likeness (QED) is 0.647. The number of hydrogen-bond donors (Lipinski definition) is 2. The van der Waals surface area contributed by atoms with Crippen molar-refractivity contribution >= 4 is 5.69 Å². The monoisotopic (exact) mass is 281 g/mol. The number of nitrogens with one attached hydrogen (secondary N) is 1. The second-order valence-electron chi connectivity index (χ2n) is 5.04. The fraction of sp³-hybridized carbons (Fsp3) is 0.625. The average Bonchev–Trinajstić information content (AvgIpc) is 2.44. The molecule has 1 unspecified atom stereocenters. The summed E-state index contributed by atoms with van der Waals surface area (Å²) in [5.74, 6) is 0. The first-order valence-electron chi connectivity index (χ1n) is 7.32. The second kappa shape index (κ2) is 9.75. The van der Waals surface area contributed by atoms with Crippen molar-refractivity contribution in [1.82, 2.24) is 0 Å². The normalized spacial score (nSPS) is 12.7. The third-order valence-electron chi connectivity index (χ3n) is 2.92. The van der Waals surface area contributed by atoms with E-state index in [-0.39, 0.29) is 6.10 Å². The highest BCUT2D eigenvalue weighted by Crippen LogP contribution is 2.15. The van der Waals surface area contributed by atoms with Gasteiger partial charge in [0.05, 0.1) is 32.0 Å². The molecule has 0 bridgehead atoms. The molecule has 2 N–H and O–H groups in total. The largest absolute Gasteiger partial charge is 0.389 e. The Morgan fingerprint density at radius 2 is 1.95 bits per heavy atom. The van der Waals surface area contributed by atoms with E-state index in [1.165, 1.54) is 5.56 Å². The molecule has 114 valence electrons. The van der Waals surface area contributed by atoms with E-state index in [0.29, 0.717) is 26.4 Å². The third-order valence-corrected chi connectivity index (χ3v) is 2.92. The second-order valence-corrected chi connectivity index (χ2v) is 5.04. The fourth-order valence-corrected chi connectivity index (χ4v) is 1.85. The van der Waals surface area contributed by atoms with E-state index in [2.05, 4.69) is 18.3 Å². The highest BCUT2D eigenvalue weighted by Gasteiger charge is 2.06. The average molecular weight is 281 g/mol. The molecule has 0 heterocycles. The molecule has 20 heavy (non-hydrogen) atoms. The van der Waals surface area contributed by atoms with E-state index in [9.17, 15) is 5.11 Å². The van der Waals surface area contributed by atoms with Crippen molar-refractivity contribution in [3.8, 4) is 0 Å². The summed E-state index contributed by atoms with van der Waals surface area (Å²) in [6.45, 7) is 7.99. The van der Waals surface area contributed by atoms with E-state index in [4.69, 9.17) is 9.47 Å². The molecule has 4 nitrogen and oxygen atoms in total. The van der Waals surface area contributed by atoms with Gasteiger partial charge in [-0.3, -0.25) is 0 Å². The number of aliphatic hydroxyl groups excluding tert-OH is 1. The van der Waals surface area contributed by atoms with Crippen molar-refractivity contribution in [2.75, 3.05) is 31.7 Å². The van der Waals surface area contributed by atoms with Gasteiger partial charge in [-0.15, -0.1) is 0 Å². The number of para-hydroxylation sites is 1. The molecule has 1 atom stereocenters. The molecule has 0 saturated heterocycles. The van der Waals surface area contributed by atoms with Gasteiger partial charge in [0.2, 0.25) is 0 Å². The predicted octanol–water partition coefficient (Wildman–Crippen LogP) is 2.46. The number of hydrogen-bond acceptors (Lipinski definition) is 4. The summed E-state index contributed by atoms with van der Waals surface area (Å²) in [6.07, 6.45) is 0.678. The Kier molecular flexibility index (Phi) is 8.26. The zero-order valence-electron chi connectivity index (χ0n) is 12.8. The van der Waals surface area contributed by atoms with Gasteiger partial charge in [-0.1, -0.05) is 25.1 Å². The fourth-order valence-electron chi connectivity index (χ4n) is 1.85. The first-order chi connectivity index (χ1) is 9.63. The van der Waals surface area contributed by atoms with Gasteiger partial charge >= 0.3 is 0 Å². The van der Waals surface area contributed by atoms with Crippen molar-refractivity contribution < 1.29 is 14.6 Å². The van der Waals surface area contributed by atoms with Crippen LogP contribution in [0.5, 0.6) is 0 Å². The Hall–Kier alpha value is -1.10. The number of aryl methyl sites for hydroxylation is 1. The van der Waals surface area contributed by atoms with Gasteiger partial charge in [0, 0.05) is 12.2 Å². The maximum Gasteiger partial charge on any atom is 0.0945 e. The van der Waals surface area contributed by atoms with Crippen molar-refractivity contribution in [1.29, 1.82) is 0 Å². The van der Waals surface area contributed by atoms with Crippen molar-refractivity contribution in [2.24, 2.45) is 0 Å². The molecule has 0 saturated carbocycles. The van der Waals surface area contributed by atoms with E-state index < -0.39 is 6.10 Å². The number of anilines is 1. The first kappa shape index (κ1) is 17.0. The van der Waals surface area contributed by atoms with Gasteiger partial charge in [0.1, 0.15) is 0 Å². The summed E-state index contributed by atoms with van der Waals surface area (Å²) >= 11 is 0. The Balaban J connectivity index is 2.18. The van der Waals surface area contributed by atoms with Gasteiger partial charge in [-0.2, -0.15) is 0 Å². The molecule has 1 aromatic rings. The molecule has 0 aromatic heterocycles. The lowest BCUT2D eigenvalue weighted by molar-refractivity contribution is -0.00734. The van der Waals surface area contributed by atoms with Crippen molar-refractivity contribution in [2.45, 2.75) is 39.4 Å². The third kappa shape index (κ3) is 6.89. The van der Waals surface area contributed by atoms with Crippen LogP contribution >= 0.6 is 0 Å². The van der Waals surface area contributed by atoms with E-state index >= 15 is 0 Å². The summed E-state index contributed by atoms with van der Waals surface area (Å²) in [4.78, 5) is 0. The van der Waals surface area contributed by atoms with Crippen LogP contribution in [-0.2, 0) is 15.9 Å². The minimum absolute atomic E-state index is 0.218. The zero-order valence-corrected chi connectivity index (χ0v) is 12.8. The van der Waals surface area contributed by atoms with Crippen LogP contribution in [0.4, 0.5) is 5.69 Å². The Morgan fingerprint density at radius 3 is 2.65 bits per heavy atom. The number of ether oxygens (including phenoxy) is 2. The van der Waals surface area contributed by atoms with Crippen LogP contribution in [0.2, 0.25) is 0 Å². The predicted molar refractivity (Wildman–Crippen MR) is 82.2 cm³/mol. The summed E-state index contributed by atoms with van der Waals surface area (Å²) in [5, 5.41) is 13.1. The van der Waals surface area contributed by atoms with Gasteiger partial charge < -0.3 is 19.9 Å². The molecule has 0 amide bonds. The molecular weight excluding hydrogens is 254 g/mol. The summed E-state index contributed by atoms with van der Waals surface area (Å²) < 4.78 is 10.7. The number of aliphatic hydroxyl groups is 1. The molecule has 0 aliphatic heterocycles. The minimum Gasteiger partial charge on any atom is -0.389 e. The summed E-state index contributed by atoms with van der Waals surface area (Å²) in [6, 6.07) is 8.14. The molecule has 0 radical (unpaired) electrons. The SMILES string of the molecule is CCc1ccccc1NCC(O)COCCOC(C)C. The van der Waals surface area contributed by atoms with E-state index in [1.54, 1.807) is 0 Å². The van der Waals surface area contributed by atoms with Crippen LogP contribution in [0.1, 0.15) is 26.3 Å². The molecule has 0 aliphatic rings. The smallest absolute Gasteiger partial charge is 0.0945 e.